The van der Waals surface area contributed by atoms with Crippen LogP contribution < -0.4 is 4.90 Å². The molecule has 31 heavy (non-hydrogen) atoms. The van der Waals surface area contributed by atoms with Gasteiger partial charge in [-0.05, 0) is 41.7 Å². The molecule has 0 radical (unpaired) electrons. The van der Waals surface area contributed by atoms with Crippen LogP contribution in [-0.4, -0.2) is 21.7 Å². The van der Waals surface area contributed by atoms with Gasteiger partial charge in [0.1, 0.15) is 10.8 Å². The number of nitro groups is 1. The van der Waals surface area contributed by atoms with Gasteiger partial charge in [-0.25, -0.2) is 0 Å². The molecule has 0 spiro atoms. The number of benzene rings is 2. The molecule has 8 heteroatoms. The minimum absolute atomic E-state index is 0.0190. The number of carbonyl (C=O) groups is 2. The van der Waals surface area contributed by atoms with Gasteiger partial charge in [-0.3, -0.25) is 24.6 Å². The van der Waals surface area contributed by atoms with E-state index in [-0.39, 0.29) is 40.0 Å². The molecule has 1 aliphatic heterocycles. The molecule has 0 bridgehead atoms. The van der Waals surface area contributed by atoms with Crippen LogP contribution in [0.1, 0.15) is 44.6 Å². The van der Waals surface area contributed by atoms with Crippen LogP contribution in [0.5, 0.6) is 5.75 Å². The van der Waals surface area contributed by atoms with Gasteiger partial charge in [0, 0.05) is 36.1 Å². The van der Waals surface area contributed by atoms with E-state index in [0.717, 1.165) is 5.56 Å². The molecule has 1 unspecified atom stereocenters. The number of Topliss-reactive ketones (excluding diaryl/α,β-unsaturated/α-hetero) is 1. The minimum Gasteiger partial charge on any atom is -0.508 e. The third-order valence-corrected chi connectivity index (χ3v) is 6.14. The van der Waals surface area contributed by atoms with Gasteiger partial charge >= 0.3 is 0 Å². The van der Waals surface area contributed by atoms with Crippen LogP contribution in [0.25, 0.3) is 0 Å². The Bertz CT molecular complexity index is 1140. The maximum absolute atomic E-state index is 13.3. The van der Waals surface area contributed by atoms with Crippen molar-refractivity contribution in [1.82, 2.24) is 0 Å². The van der Waals surface area contributed by atoms with Crippen molar-refractivity contribution >= 4 is 34.7 Å². The van der Waals surface area contributed by atoms with Gasteiger partial charge in [0.05, 0.1) is 10.6 Å². The summed E-state index contributed by atoms with van der Waals surface area (Å²) in [4.78, 5) is 38.8. The molecule has 1 amide bonds. The number of rotatable bonds is 3. The lowest BCUT2D eigenvalue weighted by molar-refractivity contribution is -0.384. The van der Waals surface area contributed by atoms with Gasteiger partial charge in [-0.1, -0.05) is 37.6 Å². The van der Waals surface area contributed by atoms with Crippen molar-refractivity contribution in [2.24, 2.45) is 5.41 Å². The van der Waals surface area contributed by atoms with Crippen LogP contribution in [0.15, 0.2) is 53.7 Å². The first kappa shape index (κ1) is 21.1. The Hall–Kier alpha value is -3.19. The fraction of sp³-hybridized carbons (Fsp3) is 0.304. The molecule has 160 valence electrons. The van der Waals surface area contributed by atoms with Crippen LogP contribution in [0, 0.1) is 15.5 Å². The lowest BCUT2D eigenvalue weighted by Crippen LogP contribution is -2.43. The molecule has 1 N–H and O–H groups in total. The molecule has 7 nitrogen and oxygen atoms in total. The van der Waals surface area contributed by atoms with E-state index < -0.39 is 10.8 Å². The molecule has 2 aliphatic rings. The van der Waals surface area contributed by atoms with Gasteiger partial charge < -0.3 is 5.11 Å². The van der Waals surface area contributed by atoms with Crippen LogP contribution in [-0.2, 0) is 9.59 Å². The Labute approximate surface area is 184 Å². The van der Waals surface area contributed by atoms with Crippen LogP contribution in [0.3, 0.4) is 0 Å². The SMILES string of the molecule is CC1(C)CC(=O)C2=C(C1)N(c1ccc(Cl)c([N+](=O)[O-])c1)C(=O)CC2c1ccc(O)cc1. The van der Waals surface area contributed by atoms with E-state index in [4.69, 9.17) is 11.6 Å². The number of carbonyl (C=O) groups excluding carboxylic acids is 2. The normalized spacial score (nSPS) is 20.6. The van der Waals surface area contributed by atoms with Crippen molar-refractivity contribution < 1.29 is 19.6 Å². The molecule has 0 saturated carbocycles. The summed E-state index contributed by atoms with van der Waals surface area (Å²) in [6, 6.07) is 10.7. The molecular formula is C23H21ClN2O5. The maximum atomic E-state index is 13.3. The number of nitrogens with zero attached hydrogens (tertiary/aromatic N) is 2. The van der Waals surface area contributed by atoms with Crippen molar-refractivity contribution in [3.63, 3.8) is 0 Å². The molecule has 0 saturated heterocycles. The molecule has 2 aromatic rings. The summed E-state index contributed by atoms with van der Waals surface area (Å²) in [6.45, 7) is 3.93. The number of phenols is 1. The summed E-state index contributed by atoms with van der Waals surface area (Å²) >= 11 is 5.96. The second kappa shape index (κ2) is 7.50. The second-order valence-corrected chi connectivity index (χ2v) is 9.18. The lowest BCUT2D eigenvalue weighted by atomic mass is 9.69. The van der Waals surface area contributed by atoms with Gasteiger partial charge in [0.15, 0.2) is 5.78 Å². The van der Waals surface area contributed by atoms with Crippen molar-refractivity contribution in [3.05, 3.63) is 74.4 Å². The Morgan fingerprint density at radius 1 is 1.13 bits per heavy atom. The highest BCUT2D eigenvalue weighted by Gasteiger charge is 2.44. The predicted molar refractivity (Wildman–Crippen MR) is 116 cm³/mol. The number of halogens is 1. The van der Waals surface area contributed by atoms with Crippen LogP contribution in [0.2, 0.25) is 5.02 Å². The number of nitro benzene ring substituents is 1. The summed E-state index contributed by atoms with van der Waals surface area (Å²) < 4.78 is 0. The highest BCUT2D eigenvalue weighted by atomic mass is 35.5. The number of ketones is 1. The molecular weight excluding hydrogens is 420 g/mol. The smallest absolute Gasteiger partial charge is 0.289 e. The van der Waals surface area contributed by atoms with Gasteiger partial charge in [-0.15, -0.1) is 0 Å². The van der Waals surface area contributed by atoms with E-state index in [1.54, 1.807) is 18.2 Å². The largest absolute Gasteiger partial charge is 0.508 e. The van der Waals surface area contributed by atoms with E-state index in [2.05, 4.69) is 0 Å². The van der Waals surface area contributed by atoms with Crippen molar-refractivity contribution in [2.45, 2.75) is 39.0 Å². The third-order valence-electron chi connectivity index (χ3n) is 5.82. The van der Waals surface area contributed by atoms with E-state index in [1.807, 2.05) is 13.8 Å². The first-order valence-electron chi connectivity index (χ1n) is 9.89. The van der Waals surface area contributed by atoms with Gasteiger partial charge in [0.25, 0.3) is 5.69 Å². The fourth-order valence-corrected chi connectivity index (χ4v) is 4.67. The first-order valence-corrected chi connectivity index (χ1v) is 10.3. The maximum Gasteiger partial charge on any atom is 0.289 e. The molecule has 2 aromatic carbocycles. The number of aromatic hydroxyl groups is 1. The minimum atomic E-state index is -0.593. The summed E-state index contributed by atoms with van der Waals surface area (Å²) in [5, 5.41) is 21.0. The molecule has 1 heterocycles. The Balaban J connectivity index is 1.90. The lowest BCUT2D eigenvalue weighted by Gasteiger charge is -2.42. The standard InChI is InChI=1S/C23H21ClN2O5/c1-23(2)11-19-22(20(28)12-23)16(13-3-6-15(27)7-4-13)10-21(29)25(19)14-5-8-17(24)18(9-14)26(30)31/h3-9,16,27H,10-12H2,1-2H3. The average molecular weight is 441 g/mol. The summed E-state index contributed by atoms with van der Waals surface area (Å²) in [7, 11) is 0. The highest BCUT2D eigenvalue weighted by molar-refractivity contribution is 6.32. The summed E-state index contributed by atoms with van der Waals surface area (Å²) in [6.07, 6.45) is 0.875. The number of hydrogen-bond acceptors (Lipinski definition) is 5. The number of amides is 1. The summed E-state index contributed by atoms with van der Waals surface area (Å²) in [5.41, 5.74) is 1.58. The van der Waals surface area contributed by atoms with Gasteiger partial charge in [-0.2, -0.15) is 0 Å². The first-order chi connectivity index (χ1) is 14.6. The quantitative estimate of drug-likeness (QED) is 0.527. The van der Waals surface area contributed by atoms with Crippen molar-refractivity contribution in [3.8, 4) is 5.75 Å². The molecule has 4 rings (SSSR count). The number of anilines is 1. The Kier molecular flexibility index (Phi) is 5.09. The second-order valence-electron chi connectivity index (χ2n) is 8.77. The van der Waals surface area contributed by atoms with Crippen LogP contribution in [0.4, 0.5) is 11.4 Å². The van der Waals surface area contributed by atoms with Crippen molar-refractivity contribution in [2.75, 3.05) is 4.90 Å². The zero-order chi connectivity index (χ0) is 22.5. The van der Waals surface area contributed by atoms with E-state index >= 15 is 0 Å². The van der Waals surface area contributed by atoms with E-state index in [1.165, 1.54) is 29.2 Å². The van der Waals surface area contributed by atoms with Crippen LogP contribution >= 0.6 is 11.6 Å². The molecule has 1 aliphatic carbocycles. The van der Waals surface area contributed by atoms with E-state index in [0.29, 0.717) is 29.8 Å². The Morgan fingerprint density at radius 2 is 1.81 bits per heavy atom. The fourth-order valence-electron chi connectivity index (χ4n) is 4.49. The number of phenolic OH excluding ortho intramolecular Hbond substituents is 1. The summed E-state index contributed by atoms with van der Waals surface area (Å²) in [5.74, 6) is -0.610. The number of hydrogen-bond donors (Lipinski definition) is 1. The zero-order valence-corrected chi connectivity index (χ0v) is 17.8. The predicted octanol–water partition coefficient (Wildman–Crippen LogP) is 5.12. The third kappa shape index (κ3) is 3.81. The van der Waals surface area contributed by atoms with Gasteiger partial charge in [0.2, 0.25) is 5.91 Å². The molecule has 1 atom stereocenters. The topological polar surface area (TPSA) is 101 Å². The highest BCUT2D eigenvalue weighted by Crippen LogP contribution is 2.48. The number of allylic oxidation sites excluding steroid dienone is 2. The molecule has 0 fully saturated rings. The molecule has 0 aromatic heterocycles. The van der Waals surface area contributed by atoms with Crippen molar-refractivity contribution in [1.29, 1.82) is 0 Å². The Morgan fingerprint density at radius 3 is 2.45 bits per heavy atom. The monoisotopic (exact) mass is 440 g/mol. The van der Waals surface area contributed by atoms with E-state index in [9.17, 15) is 24.8 Å². The zero-order valence-electron chi connectivity index (χ0n) is 17.1. The average Bonchev–Trinajstić information content (AvgIpc) is 2.67.